The van der Waals surface area contributed by atoms with E-state index in [1.807, 2.05) is 24.3 Å². The Morgan fingerprint density at radius 2 is 1.93 bits per heavy atom. The topological polar surface area (TPSA) is 129 Å². The molecule has 2 aliphatic carbocycles. The molecule has 6 rings (SSSR count). The maximum Gasteiger partial charge on any atom is 0.410 e. The normalized spacial score (nSPS) is 25.4. The second kappa shape index (κ2) is 12.8. The van der Waals surface area contributed by atoms with Gasteiger partial charge in [0.1, 0.15) is 11.2 Å². The second-order valence-corrected chi connectivity index (χ2v) is 13.0. The van der Waals surface area contributed by atoms with Gasteiger partial charge in [0.2, 0.25) is 5.95 Å². The maximum atomic E-state index is 11.4. The van der Waals surface area contributed by atoms with Gasteiger partial charge in [-0.2, -0.15) is 4.98 Å². The minimum absolute atomic E-state index is 0.0225. The number of nitrogens with zero attached hydrogens (tertiary/aromatic N) is 5. The lowest BCUT2D eigenvalue weighted by Gasteiger charge is -2.40. The fourth-order valence-electron chi connectivity index (χ4n) is 7.42. The molecule has 0 spiro atoms. The van der Waals surface area contributed by atoms with Crippen LogP contribution in [-0.4, -0.2) is 61.9 Å². The van der Waals surface area contributed by atoms with E-state index >= 15 is 0 Å². The monoisotopic (exact) mass is 607 g/mol. The molecule has 3 aliphatic rings. The van der Waals surface area contributed by atoms with Gasteiger partial charge in [0, 0.05) is 23.2 Å². The minimum atomic E-state index is -1.34. The first-order valence-corrected chi connectivity index (χ1v) is 16.2. The Morgan fingerprint density at radius 3 is 2.74 bits per heavy atom. The van der Waals surface area contributed by atoms with Crippen LogP contribution in [0.2, 0.25) is 5.02 Å². The van der Waals surface area contributed by atoms with Crippen LogP contribution < -0.4 is 10.2 Å². The van der Waals surface area contributed by atoms with Crippen LogP contribution in [0.5, 0.6) is 0 Å². The number of amides is 1. The molecular formula is C32H42ClN7O3. The van der Waals surface area contributed by atoms with Crippen LogP contribution in [0, 0.1) is 17.2 Å². The number of nitrogens with one attached hydrogen (secondary N) is 2. The van der Waals surface area contributed by atoms with Crippen molar-refractivity contribution in [3.63, 3.8) is 0 Å². The summed E-state index contributed by atoms with van der Waals surface area (Å²) in [7, 11) is 0. The molecule has 4 unspecified atom stereocenters. The van der Waals surface area contributed by atoms with Crippen LogP contribution in [0.25, 0.3) is 22.4 Å². The van der Waals surface area contributed by atoms with Gasteiger partial charge in [-0.1, -0.05) is 62.8 Å². The Balaban J connectivity index is 1.56. The highest BCUT2D eigenvalue weighted by Gasteiger charge is 2.40. The van der Waals surface area contributed by atoms with Crippen LogP contribution in [0.15, 0.2) is 24.3 Å². The summed E-state index contributed by atoms with van der Waals surface area (Å²) in [5, 5.41) is 20.4. The number of ether oxygens (including phenoxy) is 1. The number of fused-ring (bicyclic) bond motifs is 2. The molecule has 10 nitrogen and oxygen atoms in total. The lowest BCUT2D eigenvalue weighted by molar-refractivity contribution is 0.0245. The number of amidine groups is 1. The van der Waals surface area contributed by atoms with E-state index in [1.54, 1.807) is 0 Å². The Labute approximate surface area is 257 Å². The van der Waals surface area contributed by atoms with Gasteiger partial charge in [0.15, 0.2) is 17.3 Å². The minimum Gasteiger partial charge on any atom is -0.465 e. The molecular weight excluding hydrogens is 566 g/mol. The van der Waals surface area contributed by atoms with Crippen molar-refractivity contribution >= 4 is 40.6 Å². The van der Waals surface area contributed by atoms with Crippen molar-refractivity contribution < 1.29 is 14.6 Å². The smallest absolute Gasteiger partial charge is 0.410 e. The molecule has 1 saturated heterocycles. The lowest BCUT2D eigenvalue weighted by Crippen LogP contribution is -2.50. The first kappa shape index (κ1) is 29.8. The average molecular weight is 608 g/mol. The summed E-state index contributed by atoms with van der Waals surface area (Å²) in [5.41, 5.74) is 2.62. The number of carboxylic acid groups (broad SMARTS) is 1. The number of hydrogen-bond acceptors (Lipinski definition) is 7. The lowest BCUT2D eigenvalue weighted by atomic mass is 9.88. The van der Waals surface area contributed by atoms with Crippen LogP contribution in [0.1, 0.15) is 89.9 Å². The Morgan fingerprint density at radius 1 is 1.09 bits per heavy atom. The molecule has 2 saturated carbocycles. The molecule has 3 aromatic rings. The summed E-state index contributed by atoms with van der Waals surface area (Å²) >= 11 is 6.47. The van der Waals surface area contributed by atoms with E-state index in [9.17, 15) is 9.90 Å². The van der Waals surface area contributed by atoms with E-state index in [0.717, 1.165) is 55.7 Å². The van der Waals surface area contributed by atoms with Gasteiger partial charge >= 0.3 is 6.09 Å². The third-order valence-electron chi connectivity index (χ3n) is 9.71. The summed E-state index contributed by atoms with van der Waals surface area (Å²) in [6.07, 6.45) is 10.6. The van der Waals surface area contributed by atoms with E-state index in [4.69, 9.17) is 36.7 Å². The van der Waals surface area contributed by atoms with E-state index in [0.29, 0.717) is 34.8 Å². The van der Waals surface area contributed by atoms with Crippen molar-refractivity contribution in [1.29, 1.82) is 5.41 Å². The van der Waals surface area contributed by atoms with Crippen molar-refractivity contribution in [2.45, 2.75) is 96.2 Å². The molecule has 230 valence electrons. The first-order valence-electron chi connectivity index (χ1n) is 15.8. The predicted molar refractivity (Wildman–Crippen MR) is 168 cm³/mol. The molecule has 43 heavy (non-hydrogen) atoms. The number of carbonyl (C=O) groups is 1. The van der Waals surface area contributed by atoms with Crippen molar-refractivity contribution in [1.82, 2.24) is 24.8 Å². The summed E-state index contributed by atoms with van der Waals surface area (Å²) in [6.45, 7) is 6.08. The fourth-order valence-corrected chi connectivity index (χ4v) is 7.61. The van der Waals surface area contributed by atoms with Gasteiger partial charge in [-0.3, -0.25) is 10.7 Å². The van der Waals surface area contributed by atoms with Gasteiger partial charge in [0.05, 0.1) is 18.8 Å². The van der Waals surface area contributed by atoms with E-state index in [2.05, 4.69) is 28.6 Å². The highest BCUT2D eigenvalue weighted by molar-refractivity contribution is 6.30. The average Bonchev–Trinajstić information content (AvgIpc) is 3.63. The zero-order chi connectivity index (χ0) is 30.1. The third kappa shape index (κ3) is 6.22. The molecule has 11 heteroatoms. The first-order chi connectivity index (χ1) is 20.8. The van der Waals surface area contributed by atoms with Gasteiger partial charge in [0.25, 0.3) is 0 Å². The Hall–Kier alpha value is -3.24. The largest absolute Gasteiger partial charge is 0.465 e. The highest BCUT2D eigenvalue weighted by Crippen LogP contribution is 2.42. The second-order valence-electron chi connectivity index (χ2n) is 12.6. The molecule has 0 radical (unpaired) electrons. The number of morpholine rings is 1. The molecule has 0 bridgehead atoms. The number of hydrogen-bond donors (Lipinski definition) is 3. The number of rotatable bonds is 5. The fraction of sp³-hybridized carbons (Fsp3) is 0.594. The van der Waals surface area contributed by atoms with Crippen LogP contribution >= 0.6 is 11.6 Å². The molecule has 3 heterocycles. The maximum absolute atomic E-state index is 11.4. The number of benzene rings is 1. The molecule has 1 aliphatic heterocycles. The quantitative estimate of drug-likeness (QED) is 0.209. The van der Waals surface area contributed by atoms with Crippen LogP contribution in [0.4, 0.5) is 10.7 Å². The number of imidazole rings is 1. The number of anilines is 1. The molecule has 1 amide bonds. The standard InChI is InChI=1S/C32H42ClN7O3/c1-19-8-4-3-5-9-21(15-14-19)20(2)40-27-26(22-10-6-11-23(33)18-22)35-30(28(34)36-32(41)42)37-29(27)38-31(40)39-16-17-43-25-13-7-12-24(25)39/h6,10-11,18-21,24-25H,3-5,7-9,12-17H2,1-2H3,(H2,34,36)(H,41,42)/t19-,20?,21?,24?,25?/m0/s1. The van der Waals surface area contributed by atoms with Crippen molar-refractivity contribution in [3.8, 4) is 11.3 Å². The SMILES string of the molecule is CC(C1CCCCC[C@H](C)CC1)n1c(N2CCOC3CCCC32)nc2nc(C(=N)NC(=O)O)nc(-c3cccc(Cl)c3)c21. The van der Waals surface area contributed by atoms with Crippen molar-refractivity contribution in [2.24, 2.45) is 11.8 Å². The summed E-state index contributed by atoms with van der Waals surface area (Å²) in [4.78, 5) is 28.5. The van der Waals surface area contributed by atoms with Gasteiger partial charge < -0.3 is 19.3 Å². The zero-order valence-electron chi connectivity index (χ0n) is 25.1. The van der Waals surface area contributed by atoms with E-state index < -0.39 is 11.9 Å². The molecule has 5 atom stereocenters. The van der Waals surface area contributed by atoms with Crippen molar-refractivity contribution in [2.75, 3.05) is 18.1 Å². The van der Waals surface area contributed by atoms with Crippen molar-refractivity contribution in [3.05, 3.63) is 35.1 Å². The molecule has 1 aromatic carbocycles. The Bertz CT molecular complexity index is 1490. The van der Waals surface area contributed by atoms with Crippen LogP contribution in [0.3, 0.4) is 0 Å². The zero-order valence-corrected chi connectivity index (χ0v) is 25.8. The number of halogens is 1. The van der Waals surface area contributed by atoms with Crippen LogP contribution in [-0.2, 0) is 4.74 Å². The van der Waals surface area contributed by atoms with Gasteiger partial charge in [-0.15, -0.1) is 0 Å². The highest BCUT2D eigenvalue weighted by atomic mass is 35.5. The Kier molecular flexibility index (Phi) is 8.86. The van der Waals surface area contributed by atoms with E-state index in [-0.39, 0.29) is 24.0 Å². The molecule has 3 fully saturated rings. The van der Waals surface area contributed by atoms with Gasteiger partial charge in [-0.25, -0.2) is 14.8 Å². The summed E-state index contributed by atoms with van der Waals surface area (Å²) in [6, 6.07) is 7.85. The van der Waals surface area contributed by atoms with E-state index in [1.165, 1.54) is 32.1 Å². The summed E-state index contributed by atoms with van der Waals surface area (Å²) < 4.78 is 8.54. The molecule has 3 N–H and O–H groups in total. The molecule has 2 aromatic heterocycles. The summed E-state index contributed by atoms with van der Waals surface area (Å²) in [5.74, 6) is 1.62. The number of aromatic nitrogens is 4. The third-order valence-corrected chi connectivity index (χ3v) is 9.95. The predicted octanol–water partition coefficient (Wildman–Crippen LogP) is 7.05. The van der Waals surface area contributed by atoms with Gasteiger partial charge in [-0.05, 0) is 63.0 Å².